The standard InChI is InChI=1S/C22H23F3N4O/c1-14-15(2)27-19-6-4-16(12-18(14)19)21(30)29-9-3-8-28(10-11-29)20-7-5-17(13-26-20)22(23,24)25/h4-7,12-13,27H,3,8-11H2,1-2H3. The lowest BCUT2D eigenvalue weighted by atomic mass is 10.1. The first-order valence-corrected chi connectivity index (χ1v) is 9.90. The molecule has 4 rings (SSSR count). The molecule has 158 valence electrons. The summed E-state index contributed by atoms with van der Waals surface area (Å²) in [5, 5.41) is 1.05. The summed E-state index contributed by atoms with van der Waals surface area (Å²) in [6.07, 6.45) is -2.82. The summed E-state index contributed by atoms with van der Waals surface area (Å²) in [6.45, 7) is 6.29. The van der Waals surface area contributed by atoms with Crippen LogP contribution in [0.2, 0.25) is 0 Å². The van der Waals surface area contributed by atoms with E-state index in [0.29, 0.717) is 37.6 Å². The minimum atomic E-state index is -4.40. The van der Waals surface area contributed by atoms with Crippen molar-refractivity contribution < 1.29 is 18.0 Å². The van der Waals surface area contributed by atoms with Gasteiger partial charge in [0, 0.05) is 54.5 Å². The second-order valence-corrected chi connectivity index (χ2v) is 7.67. The van der Waals surface area contributed by atoms with Gasteiger partial charge in [0.1, 0.15) is 5.82 Å². The van der Waals surface area contributed by atoms with Crippen LogP contribution in [0.1, 0.15) is 33.6 Å². The third-order valence-electron chi connectivity index (χ3n) is 5.74. The number of halogens is 3. The minimum absolute atomic E-state index is 0.0302. The molecule has 0 atom stereocenters. The molecule has 1 aliphatic rings. The lowest BCUT2D eigenvalue weighted by Crippen LogP contribution is -2.35. The van der Waals surface area contributed by atoms with Crippen molar-refractivity contribution in [3.8, 4) is 0 Å². The molecule has 0 radical (unpaired) electrons. The average molecular weight is 416 g/mol. The van der Waals surface area contributed by atoms with E-state index in [1.165, 1.54) is 6.07 Å². The van der Waals surface area contributed by atoms with E-state index < -0.39 is 11.7 Å². The number of anilines is 1. The number of carbonyl (C=O) groups excluding carboxylic acids is 1. The molecule has 8 heteroatoms. The number of alkyl halides is 3. The summed E-state index contributed by atoms with van der Waals surface area (Å²) in [6, 6.07) is 8.13. The highest BCUT2D eigenvalue weighted by atomic mass is 19.4. The van der Waals surface area contributed by atoms with E-state index in [2.05, 4.69) is 9.97 Å². The number of carbonyl (C=O) groups is 1. The number of aromatic amines is 1. The number of aromatic nitrogens is 2. The van der Waals surface area contributed by atoms with Gasteiger partial charge in [-0.2, -0.15) is 13.2 Å². The Morgan fingerprint density at radius 3 is 2.57 bits per heavy atom. The van der Waals surface area contributed by atoms with Crippen molar-refractivity contribution in [2.24, 2.45) is 0 Å². The van der Waals surface area contributed by atoms with Crippen LogP contribution >= 0.6 is 0 Å². The summed E-state index contributed by atoms with van der Waals surface area (Å²) >= 11 is 0. The van der Waals surface area contributed by atoms with E-state index in [1.807, 2.05) is 36.9 Å². The highest BCUT2D eigenvalue weighted by molar-refractivity contribution is 5.99. The molecule has 1 amide bonds. The third-order valence-corrected chi connectivity index (χ3v) is 5.74. The molecule has 0 spiro atoms. The van der Waals surface area contributed by atoms with Crippen molar-refractivity contribution in [3.05, 3.63) is 58.9 Å². The van der Waals surface area contributed by atoms with E-state index in [9.17, 15) is 18.0 Å². The first-order valence-electron chi connectivity index (χ1n) is 9.90. The third kappa shape index (κ3) is 3.86. The van der Waals surface area contributed by atoms with E-state index >= 15 is 0 Å². The normalized spacial score (nSPS) is 15.5. The Labute approximate surface area is 172 Å². The summed E-state index contributed by atoms with van der Waals surface area (Å²) in [5.41, 5.74) is 3.12. The lowest BCUT2D eigenvalue weighted by Gasteiger charge is -2.23. The van der Waals surface area contributed by atoms with Gasteiger partial charge in [-0.1, -0.05) is 0 Å². The predicted octanol–water partition coefficient (Wildman–Crippen LogP) is 4.55. The van der Waals surface area contributed by atoms with Gasteiger partial charge in [-0.15, -0.1) is 0 Å². The zero-order chi connectivity index (χ0) is 21.5. The number of rotatable bonds is 2. The van der Waals surface area contributed by atoms with Crippen LogP contribution in [-0.2, 0) is 6.18 Å². The van der Waals surface area contributed by atoms with Gasteiger partial charge in [-0.25, -0.2) is 4.98 Å². The number of aryl methyl sites for hydroxylation is 2. The summed E-state index contributed by atoms with van der Waals surface area (Å²) in [5.74, 6) is 0.467. The number of H-pyrrole nitrogens is 1. The largest absolute Gasteiger partial charge is 0.417 e. The fraction of sp³-hybridized carbons (Fsp3) is 0.364. The maximum absolute atomic E-state index is 13.1. The Kier molecular flexibility index (Phi) is 5.17. The van der Waals surface area contributed by atoms with Gasteiger partial charge in [-0.05, 0) is 56.2 Å². The molecule has 2 aromatic heterocycles. The van der Waals surface area contributed by atoms with Crippen LogP contribution in [0.3, 0.4) is 0 Å². The Hall–Kier alpha value is -3.03. The van der Waals surface area contributed by atoms with Gasteiger partial charge in [0.25, 0.3) is 5.91 Å². The highest BCUT2D eigenvalue weighted by Crippen LogP contribution is 2.29. The van der Waals surface area contributed by atoms with Gasteiger partial charge < -0.3 is 14.8 Å². The zero-order valence-corrected chi connectivity index (χ0v) is 16.9. The van der Waals surface area contributed by atoms with Gasteiger partial charge in [0.05, 0.1) is 5.56 Å². The Morgan fingerprint density at radius 2 is 1.87 bits per heavy atom. The maximum atomic E-state index is 13.1. The summed E-state index contributed by atoms with van der Waals surface area (Å²) in [7, 11) is 0. The van der Waals surface area contributed by atoms with Crippen LogP contribution in [0.4, 0.5) is 19.0 Å². The summed E-state index contributed by atoms with van der Waals surface area (Å²) in [4.78, 5) is 24.1. The number of amides is 1. The number of hydrogen-bond donors (Lipinski definition) is 1. The van der Waals surface area contributed by atoms with E-state index in [-0.39, 0.29) is 5.91 Å². The minimum Gasteiger partial charge on any atom is -0.358 e. The monoisotopic (exact) mass is 416 g/mol. The second-order valence-electron chi connectivity index (χ2n) is 7.67. The van der Waals surface area contributed by atoms with Gasteiger partial charge in [0.15, 0.2) is 0 Å². The smallest absolute Gasteiger partial charge is 0.358 e. The molecule has 1 fully saturated rings. The lowest BCUT2D eigenvalue weighted by molar-refractivity contribution is -0.137. The van der Waals surface area contributed by atoms with Crippen LogP contribution in [0.5, 0.6) is 0 Å². The molecule has 1 aliphatic heterocycles. The molecule has 1 aromatic carbocycles. The number of hydrogen-bond acceptors (Lipinski definition) is 3. The molecular weight excluding hydrogens is 393 g/mol. The van der Waals surface area contributed by atoms with Crippen molar-refractivity contribution in [2.75, 3.05) is 31.1 Å². The highest BCUT2D eigenvalue weighted by Gasteiger charge is 2.31. The van der Waals surface area contributed by atoms with E-state index in [4.69, 9.17) is 0 Å². The fourth-order valence-corrected chi connectivity index (χ4v) is 3.87. The molecule has 1 N–H and O–H groups in total. The van der Waals surface area contributed by atoms with Gasteiger partial charge >= 0.3 is 6.18 Å². The van der Waals surface area contributed by atoms with Gasteiger partial charge in [-0.3, -0.25) is 4.79 Å². The molecule has 0 unspecified atom stereocenters. The van der Waals surface area contributed by atoms with Crippen LogP contribution in [0.15, 0.2) is 36.5 Å². The SMILES string of the molecule is Cc1[nH]c2ccc(C(=O)N3CCCN(c4ccc(C(F)(F)F)cn4)CC3)cc2c1C. The molecule has 1 saturated heterocycles. The van der Waals surface area contributed by atoms with Crippen molar-refractivity contribution in [3.63, 3.8) is 0 Å². The Morgan fingerprint density at radius 1 is 1.07 bits per heavy atom. The molecular formula is C22H23F3N4O. The molecule has 0 aliphatic carbocycles. The topological polar surface area (TPSA) is 52.2 Å². The van der Waals surface area contributed by atoms with E-state index in [1.54, 1.807) is 4.90 Å². The van der Waals surface area contributed by atoms with Crippen LogP contribution in [0.25, 0.3) is 10.9 Å². The van der Waals surface area contributed by atoms with Crippen molar-refractivity contribution in [1.29, 1.82) is 0 Å². The van der Waals surface area contributed by atoms with Crippen LogP contribution in [0, 0.1) is 13.8 Å². The summed E-state index contributed by atoms with van der Waals surface area (Å²) < 4.78 is 38.3. The number of fused-ring (bicyclic) bond motifs is 1. The molecule has 30 heavy (non-hydrogen) atoms. The number of pyridine rings is 1. The number of nitrogens with zero attached hydrogens (tertiary/aromatic N) is 3. The van der Waals surface area contributed by atoms with Gasteiger partial charge in [0.2, 0.25) is 0 Å². The predicted molar refractivity (Wildman–Crippen MR) is 110 cm³/mol. The molecule has 5 nitrogen and oxygen atoms in total. The fourth-order valence-electron chi connectivity index (χ4n) is 3.87. The quantitative estimate of drug-likeness (QED) is 0.667. The van der Waals surface area contributed by atoms with Crippen molar-refractivity contribution >= 4 is 22.6 Å². The van der Waals surface area contributed by atoms with Crippen molar-refractivity contribution in [1.82, 2.24) is 14.9 Å². The molecule has 0 saturated carbocycles. The molecule has 3 aromatic rings. The zero-order valence-electron chi connectivity index (χ0n) is 16.9. The number of nitrogens with one attached hydrogen (secondary N) is 1. The van der Waals surface area contributed by atoms with Crippen LogP contribution in [-0.4, -0.2) is 47.0 Å². The second kappa shape index (κ2) is 7.66. The number of benzene rings is 1. The first kappa shape index (κ1) is 20.3. The van der Waals surface area contributed by atoms with Crippen LogP contribution < -0.4 is 4.90 Å². The average Bonchev–Trinajstić information content (AvgIpc) is 2.89. The molecule has 0 bridgehead atoms. The van der Waals surface area contributed by atoms with Crippen molar-refractivity contribution in [2.45, 2.75) is 26.4 Å². The first-order chi connectivity index (χ1) is 14.2. The Bertz CT molecular complexity index is 1070. The Balaban J connectivity index is 1.47. The maximum Gasteiger partial charge on any atom is 0.417 e. The molecule has 3 heterocycles. The van der Waals surface area contributed by atoms with E-state index in [0.717, 1.165) is 40.8 Å².